The molecule has 90 valence electrons. The van der Waals surface area contributed by atoms with Crippen LogP contribution in [0.3, 0.4) is 0 Å². The van der Waals surface area contributed by atoms with E-state index >= 15 is 0 Å². The largest absolute Gasteiger partial charge is 0.392 e. The summed E-state index contributed by atoms with van der Waals surface area (Å²) in [6.45, 7) is 7.62. The van der Waals surface area contributed by atoms with Crippen LogP contribution < -0.4 is 5.32 Å². The van der Waals surface area contributed by atoms with Gasteiger partial charge in [-0.25, -0.2) is 0 Å². The van der Waals surface area contributed by atoms with E-state index in [4.69, 9.17) is 0 Å². The summed E-state index contributed by atoms with van der Waals surface area (Å²) in [5.74, 6) is 0.540. The zero-order chi connectivity index (χ0) is 12.0. The molecule has 0 saturated carbocycles. The number of hydrogen-bond acceptors (Lipinski definition) is 3. The fourth-order valence-corrected chi connectivity index (χ4v) is 1.61. The Kier molecular flexibility index (Phi) is 5.43. The van der Waals surface area contributed by atoms with Gasteiger partial charge in [0.1, 0.15) is 0 Å². The van der Waals surface area contributed by atoms with Crippen LogP contribution >= 0.6 is 0 Å². The molecule has 0 aliphatic rings. The molecular weight excluding hydrogens is 200 g/mol. The van der Waals surface area contributed by atoms with E-state index in [9.17, 15) is 5.11 Å². The molecule has 0 bridgehead atoms. The van der Waals surface area contributed by atoms with Crippen LogP contribution in [0.15, 0.2) is 18.3 Å². The van der Waals surface area contributed by atoms with Gasteiger partial charge in [0.2, 0.25) is 0 Å². The Bertz CT molecular complexity index is 295. The maximum Gasteiger partial charge on any atom is 0.0667 e. The molecule has 0 saturated heterocycles. The minimum atomic E-state index is -0.251. The van der Waals surface area contributed by atoms with E-state index in [1.807, 2.05) is 19.2 Å². The summed E-state index contributed by atoms with van der Waals surface area (Å²) in [6, 6.07) is 4.06. The van der Waals surface area contributed by atoms with Crippen molar-refractivity contribution >= 4 is 0 Å². The van der Waals surface area contributed by atoms with E-state index in [1.165, 1.54) is 0 Å². The highest BCUT2D eigenvalue weighted by atomic mass is 16.3. The fourth-order valence-electron chi connectivity index (χ4n) is 1.61. The lowest BCUT2D eigenvalue weighted by atomic mass is 10.1. The molecule has 0 radical (unpaired) electrons. The third-order valence-electron chi connectivity index (χ3n) is 2.43. The number of aromatic nitrogens is 1. The van der Waals surface area contributed by atoms with Crippen LogP contribution in [0, 0.1) is 12.8 Å². The predicted molar refractivity (Wildman–Crippen MR) is 66.1 cm³/mol. The molecule has 16 heavy (non-hydrogen) atoms. The number of nitrogens with one attached hydrogen (secondary N) is 1. The molecule has 3 heteroatoms. The predicted octanol–water partition coefficient (Wildman–Crippen LogP) is 1.89. The number of aryl methyl sites for hydroxylation is 1. The molecule has 1 rings (SSSR count). The van der Waals surface area contributed by atoms with Gasteiger partial charge in [0.15, 0.2) is 0 Å². The number of rotatable bonds is 6. The molecule has 0 amide bonds. The molecule has 0 aliphatic heterocycles. The van der Waals surface area contributed by atoms with Crippen LogP contribution in [0.4, 0.5) is 0 Å². The second-order valence-corrected chi connectivity index (χ2v) is 4.72. The Morgan fingerprint density at radius 1 is 1.38 bits per heavy atom. The number of pyridine rings is 1. The Hall–Kier alpha value is -0.930. The highest BCUT2D eigenvalue weighted by Gasteiger charge is 2.05. The monoisotopic (exact) mass is 222 g/mol. The van der Waals surface area contributed by atoms with Gasteiger partial charge in [-0.2, -0.15) is 0 Å². The van der Waals surface area contributed by atoms with Gasteiger partial charge in [-0.05, 0) is 30.9 Å². The SMILES string of the molecule is Cc1ccc(CNCC(O)CC(C)C)cn1. The molecule has 1 unspecified atom stereocenters. The van der Waals surface area contributed by atoms with Crippen molar-refractivity contribution in [1.29, 1.82) is 0 Å². The van der Waals surface area contributed by atoms with Crippen molar-refractivity contribution in [2.24, 2.45) is 5.92 Å². The molecular formula is C13H22N2O. The first kappa shape index (κ1) is 13.1. The zero-order valence-corrected chi connectivity index (χ0v) is 10.4. The van der Waals surface area contributed by atoms with Crippen LogP contribution in [0.1, 0.15) is 31.5 Å². The second-order valence-electron chi connectivity index (χ2n) is 4.72. The molecule has 0 aliphatic carbocycles. The summed E-state index contributed by atoms with van der Waals surface area (Å²) in [5, 5.41) is 12.9. The fraction of sp³-hybridized carbons (Fsp3) is 0.615. The maximum atomic E-state index is 9.66. The molecule has 1 atom stereocenters. The minimum absolute atomic E-state index is 0.251. The molecule has 0 spiro atoms. The molecule has 3 nitrogen and oxygen atoms in total. The van der Waals surface area contributed by atoms with Gasteiger partial charge in [-0.3, -0.25) is 4.98 Å². The average Bonchev–Trinajstić information content (AvgIpc) is 2.20. The second kappa shape index (κ2) is 6.61. The van der Waals surface area contributed by atoms with Crippen molar-refractivity contribution in [3.63, 3.8) is 0 Å². The number of nitrogens with zero attached hydrogens (tertiary/aromatic N) is 1. The van der Waals surface area contributed by atoms with E-state index in [0.717, 1.165) is 24.2 Å². The highest BCUT2D eigenvalue weighted by molar-refractivity contribution is 5.12. The first-order chi connectivity index (χ1) is 7.58. The summed E-state index contributed by atoms with van der Waals surface area (Å²) in [7, 11) is 0. The van der Waals surface area contributed by atoms with Crippen molar-refractivity contribution in [3.05, 3.63) is 29.6 Å². The van der Waals surface area contributed by atoms with Crippen molar-refractivity contribution in [2.75, 3.05) is 6.54 Å². The van der Waals surface area contributed by atoms with Gasteiger partial charge < -0.3 is 10.4 Å². The van der Waals surface area contributed by atoms with E-state index in [2.05, 4.69) is 30.2 Å². The van der Waals surface area contributed by atoms with Gasteiger partial charge >= 0.3 is 0 Å². The summed E-state index contributed by atoms with van der Waals surface area (Å²) in [5.41, 5.74) is 2.19. The van der Waals surface area contributed by atoms with Gasteiger partial charge in [-0.15, -0.1) is 0 Å². The van der Waals surface area contributed by atoms with E-state index < -0.39 is 0 Å². The Morgan fingerprint density at radius 2 is 2.12 bits per heavy atom. The number of aliphatic hydroxyl groups excluding tert-OH is 1. The van der Waals surface area contributed by atoms with Gasteiger partial charge in [-0.1, -0.05) is 19.9 Å². The van der Waals surface area contributed by atoms with Crippen LogP contribution in [-0.4, -0.2) is 22.7 Å². The third kappa shape index (κ3) is 5.24. The molecule has 0 aromatic carbocycles. The van der Waals surface area contributed by atoms with E-state index in [-0.39, 0.29) is 6.10 Å². The average molecular weight is 222 g/mol. The first-order valence-corrected chi connectivity index (χ1v) is 5.88. The normalized spacial score (nSPS) is 13.1. The summed E-state index contributed by atoms with van der Waals surface area (Å²) in [6.07, 6.45) is 2.47. The molecule has 1 aromatic rings. The Labute approximate surface area is 97.9 Å². The quantitative estimate of drug-likeness (QED) is 0.772. The lowest BCUT2D eigenvalue weighted by Gasteiger charge is -2.13. The lowest BCUT2D eigenvalue weighted by molar-refractivity contribution is 0.146. The van der Waals surface area contributed by atoms with Crippen molar-refractivity contribution in [3.8, 4) is 0 Å². The Balaban J connectivity index is 2.22. The van der Waals surface area contributed by atoms with E-state index in [1.54, 1.807) is 0 Å². The van der Waals surface area contributed by atoms with Crippen LogP contribution in [0.25, 0.3) is 0 Å². The zero-order valence-electron chi connectivity index (χ0n) is 10.4. The highest BCUT2D eigenvalue weighted by Crippen LogP contribution is 2.04. The Morgan fingerprint density at radius 3 is 2.69 bits per heavy atom. The smallest absolute Gasteiger partial charge is 0.0667 e. The molecule has 1 aromatic heterocycles. The van der Waals surface area contributed by atoms with Crippen LogP contribution in [-0.2, 0) is 6.54 Å². The summed E-state index contributed by atoms with van der Waals surface area (Å²) >= 11 is 0. The van der Waals surface area contributed by atoms with Crippen molar-refractivity contribution in [1.82, 2.24) is 10.3 Å². The van der Waals surface area contributed by atoms with Crippen molar-refractivity contribution < 1.29 is 5.11 Å². The number of hydrogen-bond donors (Lipinski definition) is 2. The van der Waals surface area contributed by atoms with Crippen molar-refractivity contribution in [2.45, 2.75) is 39.8 Å². The molecule has 0 fully saturated rings. The van der Waals surface area contributed by atoms with Crippen LogP contribution in [0.2, 0.25) is 0 Å². The lowest BCUT2D eigenvalue weighted by Crippen LogP contribution is -2.27. The molecule has 2 N–H and O–H groups in total. The topological polar surface area (TPSA) is 45.1 Å². The van der Waals surface area contributed by atoms with Crippen LogP contribution in [0.5, 0.6) is 0 Å². The standard InChI is InChI=1S/C13H22N2O/c1-10(2)6-13(16)9-14-7-12-5-4-11(3)15-8-12/h4-5,8,10,13-14,16H,6-7,9H2,1-3H3. The number of aliphatic hydroxyl groups is 1. The third-order valence-corrected chi connectivity index (χ3v) is 2.43. The first-order valence-electron chi connectivity index (χ1n) is 5.88. The van der Waals surface area contributed by atoms with Gasteiger partial charge in [0.25, 0.3) is 0 Å². The summed E-state index contributed by atoms with van der Waals surface area (Å²) < 4.78 is 0. The van der Waals surface area contributed by atoms with Gasteiger partial charge in [0, 0.05) is 25.0 Å². The minimum Gasteiger partial charge on any atom is -0.392 e. The summed E-state index contributed by atoms with van der Waals surface area (Å²) in [4.78, 5) is 4.22. The van der Waals surface area contributed by atoms with Gasteiger partial charge in [0.05, 0.1) is 6.10 Å². The van der Waals surface area contributed by atoms with E-state index in [0.29, 0.717) is 12.5 Å². The maximum absolute atomic E-state index is 9.66. The molecule has 1 heterocycles.